The number of nitrogens with one attached hydrogen (secondary N) is 1. The second-order valence-electron chi connectivity index (χ2n) is 4.27. The molecular weight excluding hydrogens is 200 g/mol. The van der Waals surface area contributed by atoms with Gasteiger partial charge in [0.1, 0.15) is 0 Å². The molecule has 0 aliphatic carbocycles. The lowest BCUT2D eigenvalue weighted by Gasteiger charge is -2.16. The third-order valence-electron chi connectivity index (χ3n) is 2.55. The van der Waals surface area contributed by atoms with Gasteiger partial charge in [0, 0.05) is 45.2 Å². The first-order valence-corrected chi connectivity index (χ1v) is 5.66. The van der Waals surface area contributed by atoms with Crippen LogP contribution < -0.4 is 10.2 Å². The summed E-state index contributed by atoms with van der Waals surface area (Å²) < 4.78 is 5.05. The second kappa shape index (κ2) is 6.38. The second-order valence-corrected chi connectivity index (χ2v) is 4.27. The van der Waals surface area contributed by atoms with Gasteiger partial charge >= 0.3 is 0 Å². The Morgan fingerprint density at radius 1 is 1.25 bits per heavy atom. The monoisotopic (exact) mass is 222 g/mol. The van der Waals surface area contributed by atoms with Crippen LogP contribution in [0.2, 0.25) is 0 Å². The van der Waals surface area contributed by atoms with Crippen LogP contribution in [0.25, 0.3) is 0 Å². The lowest BCUT2D eigenvalue weighted by atomic mass is 10.2. The Bertz CT molecular complexity index is 295. The number of benzene rings is 1. The Hall–Kier alpha value is -1.22. The van der Waals surface area contributed by atoms with Gasteiger partial charge in [0.2, 0.25) is 0 Å². The summed E-state index contributed by atoms with van der Waals surface area (Å²) in [6.07, 6.45) is 1.02. The van der Waals surface area contributed by atoms with Gasteiger partial charge in [-0.1, -0.05) is 0 Å². The topological polar surface area (TPSA) is 24.5 Å². The number of nitrogens with zero attached hydrogens (tertiary/aromatic N) is 1. The van der Waals surface area contributed by atoms with Crippen molar-refractivity contribution in [1.29, 1.82) is 0 Å². The van der Waals surface area contributed by atoms with Gasteiger partial charge in [-0.15, -0.1) is 0 Å². The van der Waals surface area contributed by atoms with E-state index in [9.17, 15) is 0 Å². The average Bonchev–Trinajstić information content (AvgIpc) is 2.27. The van der Waals surface area contributed by atoms with Crippen LogP contribution in [0.15, 0.2) is 24.3 Å². The van der Waals surface area contributed by atoms with E-state index in [0.717, 1.165) is 18.7 Å². The summed E-state index contributed by atoms with van der Waals surface area (Å²) in [4.78, 5) is 2.10. The maximum absolute atomic E-state index is 5.05. The summed E-state index contributed by atoms with van der Waals surface area (Å²) in [5.41, 5.74) is 2.38. The molecule has 1 aromatic rings. The minimum absolute atomic E-state index is 0.435. The van der Waals surface area contributed by atoms with E-state index < -0.39 is 0 Å². The van der Waals surface area contributed by atoms with E-state index in [2.05, 4.69) is 41.4 Å². The maximum atomic E-state index is 5.05. The molecule has 1 rings (SSSR count). The molecule has 0 spiro atoms. The van der Waals surface area contributed by atoms with E-state index in [1.54, 1.807) is 7.11 Å². The standard InChI is InChI=1S/C13H22N2O/c1-11(9-10-16-4)14-12-5-7-13(8-6-12)15(2)3/h5-8,11,14H,9-10H2,1-4H3. The molecule has 0 radical (unpaired) electrons. The van der Waals surface area contributed by atoms with Crippen molar-refractivity contribution in [2.45, 2.75) is 19.4 Å². The molecule has 16 heavy (non-hydrogen) atoms. The van der Waals surface area contributed by atoms with Crippen LogP contribution >= 0.6 is 0 Å². The molecule has 0 amide bonds. The third-order valence-corrected chi connectivity index (χ3v) is 2.55. The van der Waals surface area contributed by atoms with Crippen LogP contribution in [0.5, 0.6) is 0 Å². The van der Waals surface area contributed by atoms with Crippen molar-refractivity contribution in [2.75, 3.05) is 38.0 Å². The lowest BCUT2D eigenvalue weighted by molar-refractivity contribution is 0.191. The Balaban J connectivity index is 2.48. The van der Waals surface area contributed by atoms with Gasteiger partial charge in [-0.05, 0) is 37.6 Å². The zero-order chi connectivity index (χ0) is 12.0. The fourth-order valence-electron chi connectivity index (χ4n) is 1.51. The van der Waals surface area contributed by atoms with E-state index >= 15 is 0 Å². The fraction of sp³-hybridized carbons (Fsp3) is 0.538. The van der Waals surface area contributed by atoms with Gasteiger partial charge < -0.3 is 15.0 Å². The van der Waals surface area contributed by atoms with E-state index in [1.807, 2.05) is 14.1 Å². The summed E-state index contributed by atoms with van der Waals surface area (Å²) in [6.45, 7) is 2.96. The molecule has 90 valence electrons. The number of hydrogen-bond donors (Lipinski definition) is 1. The Morgan fingerprint density at radius 3 is 2.38 bits per heavy atom. The zero-order valence-corrected chi connectivity index (χ0v) is 10.7. The molecule has 0 saturated carbocycles. The van der Waals surface area contributed by atoms with E-state index in [1.165, 1.54) is 5.69 Å². The molecule has 1 N–H and O–H groups in total. The van der Waals surface area contributed by atoms with Crippen molar-refractivity contribution in [3.8, 4) is 0 Å². The van der Waals surface area contributed by atoms with Gasteiger partial charge in [0.25, 0.3) is 0 Å². The Labute approximate surface area is 98.4 Å². The van der Waals surface area contributed by atoms with Crippen molar-refractivity contribution in [2.24, 2.45) is 0 Å². The molecular formula is C13H22N2O. The summed E-state index contributed by atoms with van der Waals surface area (Å²) in [5, 5.41) is 3.44. The van der Waals surface area contributed by atoms with Crippen LogP contribution in [0.4, 0.5) is 11.4 Å². The molecule has 0 aliphatic heterocycles. The predicted molar refractivity (Wildman–Crippen MR) is 70.3 cm³/mol. The highest BCUT2D eigenvalue weighted by Crippen LogP contribution is 2.16. The summed E-state index contributed by atoms with van der Waals surface area (Å²) in [5.74, 6) is 0. The van der Waals surface area contributed by atoms with Crippen LogP contribution in [0.1, 0.15) is 13.3 Å². The first-order chi connectivity index (χ1) is 7.63. The molecule has 0 aromatic heterocycles. The highest BCUT2D eigenvalue weighted by Gasteiger charge is 2.01. The smallest absolute Gasteiger partial charge is 0.0481 e. The number of ether oxygens (including phenoxy) is 1. The van der Waals surface area contributed by atoms with Crippen LogP contribution in [-0.2, 0) is 4.74 Å². The summed E-state index contributed by atoms with van der Waals surface area (Å²) in [6, 6.07) is 8.89. The SMILES string of the molecule is COCCC(C)Nc1ccc(N(C)C)cc1. The molecule has 0 aliphatic rings. The van der Waals surface area contributed by atoms with Crippen LogP contribution in [-0.4, -0.2) is 33.9 Å². The third kappa shape index (κ3) is 4.11. The van der Waals surface area contributed by atoms with Gasteiger partial charge in [0.05, 0.1) is 0 Å². The minimum atomic E-state index is 0.435. The highest BCUT2D eigenvalue weighted by molar-refractivity contribution is 5.54. The molecule has 1 unspecified atom stereocenters. The number of hydrogen-bond acceptors (Lipinski definition) is 3. The van der Waals surface area contributed by atoms with Crippen molar-refractivity contribution < 1.29 is 4.74 Å². The van der Waals surface area contributed by atoms with E-state index in [-0.39, 0.29) is 0 Å². The quantitative estimate of drug-likeness (QED) is 0.800. The van der Waals surface area contributed by atoms with Crippen molar-refractivity contribution >= 4 is 11.4 Å². The zero-order valence-electron chi connectivity index (χ0n) is 10.7. The largest absolute Gasteiger partial charge is 0.385 e. The molecule has 0 heterocycles. The molecule has 3 nitrogen and oxygen atoms in total. The first-order valence-electron chi connectivity index (χ1n) is 5.66. The molecule has 1 atom stereocenters. The minimum Gasteiger partial charge on any atom is -0.385 e. The Kier molecular flexibility index (Phi) is 5.12. The average molecular weight is 222 g/mol. The van der Waals surface area contributed by atoms with Gasteiger partial charge in [0.15, 0.2) is 0 Å². The van der Waals surface area contributed by atoms with Gasteiger partial charge in [-0.2, -0.15) is 0 Å². The van der Waals surface area contributed by atoms with Crippen LogP contribution in [0.3, 0.4) is 0 Å². The molecule has 3 heteroatoms. The van der Waals surface area contributed by atoms with E-state index in [0.29, 0.717) is 6.04 Å². The van der Waals surface area contributed by atoms with Crippen molar-refractivity contribution in [3.05, 3.63) is 24.3 Å². The normalized spacial score (nSPS) is 12.2. The highest BCUT2D eigenvalue weighted by atomic mass is 16.5. The van der Waals surface area contributed by atoms with Crippen molar-refractivity contribution in [3.63, 3.8) is 0 Å². The summed E-state index contributed by atoms with van der Waals surface area (Å²) >= 11 is 0. The van der Waals surface area contributed by atoms with Crippen molar-refractivity contribution in [1.82, 2.24) is 0 Å². The van der Waals surface area contributed by atoms with Gasteiger partial charge in [-0.25, -0.2) is 0 Å². The number of rotatable bonds is 6. The van der Waals surface area contributed by atoms with E-state index in [4.69, 9.17) is 4.74 Å². The molecule has 1 aromatic carbocycles. The molecule has 0 fully saturated rings. The number of methoxy groups -OCH3 is 1. The molecule has 0 saturated heterocycles. The predicted octanol–water partition coefficient (Wildman–Crippen LogP) is 2.59. The lowest BCUT2D eigenvalue weighted by Crippen LogP contribution is -2.17. The molecule has 0 bridgehead atoms. The maximum Gasteiger partial charge on any atom is 0.0481 e. The van der Waals surface area contributed by atoms with Gasteiger partial charge in [-0.3, -0.25) is 0 Å². The Morgan fingerprint density at radius 2 is 1.88 bits per heavy atom. The first kappa shape index (κ1) is 12.8. The van der Waals surface area contributed by atoms with Crippen LogP contribution in [0, 0.1) is 0 Å². The fourth-order valence-corrected chi connectivity index (χ4v) is 1.51. The summed E-state index contributed by atoms with van der Waals surface area (Å²) in [7, 11) is 5.83. The number of anilines is 2.